The summed E-state index contributed by atoms with van der Waals surface area (Å²) in [7, 11) is 0. The number of halogens is 1. The molecule has 78 valence electrons. The van der Waals surface area contributed by atoms with Crippen LogP contribution in [0.5, 0.6) is 0 Å². The number of amides is 1. The molecule has 1 amide bonds. The minimum absolute atomic E-state index is 0.0957. The van der Waals surface area contributed by atoms with Crippen molar-refractivity contribution in [3.05, 3.63) is 0 Å². The SMILES string of the molecule is O=C1NC2CCC(Cl)CC2C=NC1O. The fraction of sp³-hybridized carbons (Fsp3) is 0.778. The molecule has 2 N–H and O–H groups in total. The van der Waals surface area contributed by atoms with Crippen molar-refractivity contribution in [1.82, 2.24) is 5.32 Å². The highest BCUT2D eigenvalue weighted by Gasteiger charge is 2.33. The van der Waals surface area contributed by atoms with Crippen LogP contribution in [0.25, 0.3) is 0 Å². The van der Waals surface area contributed by atoms with E-state index < -0.39 is 12.1 Å². The summed E-state index contributed by atoms with van der Waals surface area (Å²) < 4.78 is 0. The van der Waals surface area contributed by atoms with Crippen LogP contribution >= 0.6 is 11.6 Å². The van der Waals surface area contributed by atoms with Gasteiger partial charge in [0.25, 0.3) is 5.91 Å². The Morgan fingerprint density at radius 3 is 3.14 bits per heavy atom. The Bertz CT molecular complexity index is 270. The van der Waals surface area contributed by atoms with Gasteiger partial charge in [0.15, 0.2) is 0 Å². The zero-order valence-electron chi connectivity index (χ0n) is 7.69. The first-order valence-corrected chi connectivity index (χ1v) is 5.26. The highest BCUT2D eigenvalue weighted by molar-refractivity contribution is 6.20. The van der Waals surface area contributed by atoms with Gasteiger partial charge < -0.3 is 10.4 Å². The molecule has 1 heterocycles. The van der Waals surface area contributed by atoms with Crippen molar-refractivity contribution in [1.29, 1.82) is 0 Å². The van der Waals surface area contributed by atoms with Crippen LogP contribution in [0.1, 0.15) is 19.3 Å². The molecular formula is C9H13ClN2O2. The minimum Gasteiger partial charge on any atom is -0.364 e. The quantitative estimate of drug-likeness (QED) is 0.572. The number of carbonyl (C=O) groups excluding carboxylic acids is 1. The summed E-state index contributed by atoms with van der Waals surface area (Å²) in [5.74, 6) is -0.228. The maximum Gasteiger partial charge on any atom is 0.272 e. The number of nitrogens with one attached hydrogen (secondary N) is 1. The lowest BCUT2D eigenvalue weighted by atomic mass is 9.85. The smallest absolute Gasteiger partial charge is 0.272 e. The standard InChI is InChI=1S/C9H13ClN2O2/c10-6-1-2-7-5(3-6)4-11-8(13)9(14)12-7/h4-8,13H,1-3H2,(H,12,14). The summed E-state index contributed by atoms with van der Waals surface area (Å²) in [5, 5.41) is 12.2. The topological polar surface area (TPSA) is 61.7 Å². The summed E-state index contributed by atoms with van der Waals surface area (Å²) >= 11 is 6.03. The lowest BCUT2D eigenvalue weighted by molar-refractivity contribution is -0.129. The zero-order chi connectivity index (χ0) is 10.1. The molecule has 0 bridgehead atoms. The van der Waals surface area contributed by atoms with Crippen molar-refractivity contribution in [2.24, 2.45) is 10.9 Å². The molecule has 1 saturated carbocycles. The van der Waals surface area contributed by atoms with Crippen molar-refractivity contribution in [3.63, 3.8) is 0 Å². The summed E-state index contributed by atoms with van der Waals surface area (Å²) in [5.41, 5.74) is 0. The van der Waals surface area contributed by atoms with Crippen LogP contribution in [0, 0.1) is 5.92 Å². The molecule has 0 aromatic carbocycles. The molecule has 2 rings (SSSR count). The van der Waals surface area contributed by atoms with E-state index in [4.69, 9.17) is 11.6 Å². The van der Waals surface area contributed by atoms with Crippen LogP contribution in [-0.2, 0) is 4.79 Å². The lowest BCUT2D eigenvalue weighted by Gasteiger charge is -2.30. The maximum atomic E-state index is 11.2. The predicted octanol–water partition coefficient (Wildman–Crippen LogP) is 0.281. The number of carbonyl (C=O) groups is 1. The first-order chi connectivity index (χ1) is 6.66. The summed E-state index contributed by atoms with van der Waals surface area (Å²) in [6.45, 7) is 0. The Morgan fingerprint density at radius 2 is 2.36 bits per heavy atom. The van der Waals surface area contributed by atoms with Gasteiger partial charge >= 0.3 is 0 Å². The van der Waals surface area contributed by atoms with E-state index in [0.29, 0.717) is 0 Å². The normalized spacial score (nSPS) is 42.6. The number of aliphatic hydroxyl groups excluding tert-OH is 1. The number of aliphatic hydroxyl groups is 1. The van der Waals surface area contributed by atoms with Gasteiger partial charge in [0.2, 0.25) is 6.23 Å². The summed E-state index contributed by atoms with van der Waals surface area (Å²) in [6.07, 6.45) is 3.02. The second kappa shape index (κ2) is 3.87. The summed E-state index contributed by atoms with van der Waals surface area (Å²) in [6, 6.07) is 0.0957. The summed E-state index contributed by atoms with van der Waals surface area (Å²) in [4.78, 5) is 15.0. The molecule has 1 fully saturated rings. The second-order valence-electron chi connectivity index (χ2n) is 3.86. The highest BCUT2D eigenvalue weighted by Crippen LogP contribution is 2.28. The second-order valence-corrected chi connectivity index (χ2v) is 4.48. The molecule has 1 aliphatic carbocycles. The number of nitrogens with zero attached hydrogens (tertiary/aromatic N) is 1. The van der Waals surface area contributed by atoms with Crippen molar-refractivity contribution in [2.75, 3.05) is 0 Å². The van der Waals surface area contributed by atoms with Gasteiger partial charge in [-0.15, -0.1) is 11.6 Å². The van der Waals surface area contributed by atoms with Crippen molar-refractivity contribution in [3.8, 4) is 0 Å². The van der Waals surface area contributed by atoms with Gasteiger partial charge in [0.1, 0.15) is 0 Å². The van der Waals surface area contributed by atoms with E-state index in [1.54, 1.807) is 6.21 Å². The monoisotopic (exact) mass is 216 g/mol. The molecule has 4 unspecified atom stereocenters. The molecule has 0 spiro atoms. The van der Waals surface area contributed by atoms with Gasteiger partial charge in [-0.25, -0.2) is 0 Å². The van der Waals surface area contributed by atoms with E-state index in [-0.39, 0.29) is 17.3 Å². The molecule has 0 aromatic heterocycles. The third-order valence-electron chi connectivity index (χ3n) is 2.82. The number of rotatable bonds is 0. The highest BCUT2D eigenvalue weighted by atomic mass is 35.5. The number of alkyl halides is 1. The molecule has 4 nitrogen and oxygen atoms in total. The molecule has 0 radical (unpaired) electrons. The number of aliphatic imine (C=N–C) groups is 1. The van der Waals surface area contributed by atoms with Gasteiger partial charge in [-0.1, -0.05) is 0 Å². The predicted molar refractivity (Wildman–Crippen MR) is 53.4 cm³/mol. The Kier molecular flexibility index (Phi) is 2.74. The van der Waals surface area contributed by atoms with Gasteiger partial charge in [0.05, 0.1) is 0 Å². The van der Waals surface area contributed by atoms with Crippen molar-refractivity contribution < 1.29 is 9.90 Å². The molecule has 2 aliphatic rings. The van der Waals surface area contributed by atoms with Crippen LogP contribution in [0.15, 0.2) is 4.99 Å². The number of hydrogen-bond acceptors (Lipinski definition) is 3. The fourth-order valence-electron chi connectivity index (χ4n) is 2.01. The lowest BCUT2D eigenvalue weighted by Crippen LogP contribution is -2.45. The first-order valence-electron chi connectivity index (χ1n) is 4.82. The Labute approximate surface area is 87.4 Å². The van der Waals surface area contributed by atoms with Crippen molar-refractivity contribution >= 4 is 23.7 Å². The van der Waals surface area contributed by atoms with E-state index >= 15 is 0 Å². The Hall–Kier alpha value is -0.610. The van der Waals surface area contributed by atoms with E-state index in [0.717, 1.165) is 19.3 Å². The van der Waals surface area contributed by atoms with Crippen LogP contribution in [0.3, 0.4) is 0 Å². The molecule has 5 heteroatoms. The van der Waals surface area contributed by atoms with Crippen LogP contribution in [0.4, 0.5) is 0 Å². The first kappa shape index (κ1) is 9.93. The van der Waals surface area contributed by atoms with Gasteiger partial charge in [-0.3, -0.25) is 9.79 Å². The number of hydrogen-bond donors (Lipinski definition) is 2. The van der Waals surface area contributed by atoms with Crippen LogP contribution in [0.2, 0.25) is 0 Å². The largest absolute Gasteiger partial charge is 0.364 e. The third-order valence-corrected chi connectivity index (χ3v) is 3.21. The molecule has 14 heavy (non-hydrogen) atoms. The zero-order valence-corrected chi connectivity index (χ0v) is 8.44. The van der Waals surface area contributed by atoms with E-state index in [1.165, 1.54) is 0 Å². The average molecular weight is 217 g/mol. The molecule has 1 aliphatic heterocycles. The minimum atomic E-state index is -1.24. The van der Waals surface area contributed by atoms with E-state index in [1.807, 2.05) is 0 Å². The Morgan fingerprint density at radius 1 is 1.57 bits per heavy atom. The average Bonchev–Trinajstić information content (AvgIpc) is 2.29. The molecular weight excluding hydrogens is 204 g/mol. The maximum absolute atomic E-state index is 11.2. The van der Waals surface area contributed by atoms with Gasteiger partial charge in [-0.2, -0.15) is 0 Å². The van der Waals surface area contributed by atoms with Gasteiger partial charge in [-0.05, 0) is 19.3 Å². The van der Waals surface area contributed by atoms with Crippen LogP contribution < -0.4 is 5.32 Å². The third kappa shape index (κ3) is 1.91. The number of fused-ring (bicyclic) bond motifs is 1. The molecule has 4 atom stereocenters. The van der Waals surface area contributed by atoms with Gasteiger partial charge in [0, 0.05) is 23.6 Å². The van der Waals surface area contributed by atoms with E-state index in [2.05, 4.69) is 10.3 Å². The molecule has 0 saturated heterocycles. The fourth-order valence-corrected chi connectivity index (χ4v) is 2.34. The Balaban J connectivity index is 2.12. The van der Waals surface area contributed by atoms with E-state index in [9.17, 15) is 9.90 Å². The molecule has 0 aromatic rings. The van der Waals surface area contributed by atoms with Crippen LogP contribution in [-0.4, -0.2) is 34.9 Å². The van der Waals surface area contributed by atoms with Crippen molar-refractivity contribution in [2.45, 2.75) is 36.9 Å².